The molecule has 0 unspecified atom stereocenters. The number of benzene rings is 4. The summed E-state index contributed by atoms with van der Waals surface area (Å²) < 4.78 is 22.9. The van der Waals surface area contributed by atoms with Crippen molar-refractivity contribution < 1.29 is 170 Å². The van der Waals surface area contributed by atoms with Gasteiger partial charge < -0.3 is 39.4 Å². The average molecular weight is 1120 g/mol. The Bertz CT molecular complexity index is 1510. The molecule has 4 aliphatic heterocycles. The van der Waals surface area contributed by atoms with Crippen LogP contribution in [0.15, 0.2) is 72.8 Å². The van der Waals surface area contributed by atoms with Gasteiger partial charge in [-0.1, -0.05) is 53.4 Å². The Labute approximate surface area is 460 Å². The van der Waals surface area contributed by atoms with Gasteiger partial charge in [0, 0.05) is 154 Å². The molecule has 0 aliphatic carbocycles. The van der Waals surface area contributed by atoms with Crippen molar-refractivity contribution in [3.8, 4) is 23.0 Å². The van der Waals surface area contributed by atoms with Crippen LogP contribution in [-0.2, 0) is 157 Å². The van der Waals surface area contributed by atoms with E-state index in [1.807, 2.05) is 100 Å². The molecular formula is C48H60O8Y4-4. The van der Waals surface area contributed by atoms with Gasteiger partial charge >= 0.3 is 0 Å². The third kappa shape index (κ3) is 17.6. The first-order chi connectivity index (χ1) is 27.2. The Morgan fingerprint density at radius 3 is 0.800 bits per heavy atom. The molecule has 8 nitrogen and oxygen atoms in total. The van der Waals surface area contributed by atoms with Gasteiger partial charge in [0.1, 0.15) is 24.4 Å². The van der Waals surface area contributed by atoms with E-state index in [2.05, 4.69) is 24.3 Å². The monoisotopic (exact) mass is 1120 g/mol. The zero-order valence-electron chi connectivity index (χ0n) is 35.8. The summed E-state index contributed by atoms with van der Waals surface area (Å²) in [5.41, 5.74) is 4.80. The standard InChI is InChI=1S/4C12H15O2.4Y/c4*1-2-10(13)12-8-7-9-5-3-4-6-11(9)14-12;;;;/h4*4-6,10,12-13H,2,7-8H2,1H3;;;;/q4*-1;;;;/t2*10-,12+;2*10-,12-;;;;/m1010..../s1. The number of hydrogen-bond donors (Lipinski definition) is 4. The molecule has 0 bridgehead atoms. The number of aryl methyl sites for hydroxylation is 4. The van der Waals surface area contributed by atoms with E-state index in [0.29, 0.717) is 0 Å². The van der Waals surface area contributed by atoms with E-state index >= 15 is 0 Å². The summed E-state index contributed by atoms with van der Waals surface area (Å²) in [6.07, 6.45) is 9.04. The summed E-state index contributed by atoms with van der Waals surface area (Å²) in [5, 5.41) is 38.7. The minimum Gasteiger partial charge on any atom is -0.513 e. The van der Waals surface area contributed by atoms with Crippen LogP contribution in [0.2, 0.25) is 0 Å². The second kappa shape index (κ2) is 31.3. The molecule has 0 aromatic heterocycles. The summed E-state index contributed by atoms with van der Waals surface area (Å²) in [6, 6.07) is 35.1. The van der Waals surface area contributed by atoms with Crippen LogP contribution in [0.4, 0.5) is 0 Å². The van der Waals surface area contributed by atoms with Gasteiger partial charge in [0.2, 0.25) is 0 Å². The van der Waals surface area contributed by atoms with Crippen molar-refractivity contribution in [3.05, 3.63) is 119 Å². The molecule has 4 N–H and O–H groups in total. The quantitative estimate of drug-likeness (QED) is 0.132. The van der Waals surface area contributed by atoms with E-state index in [9.17, 15) is 20.4 Å². The number of aliphatic hydroxyl groups is 4. The summed E-state index contributed by atoms with van der Waals surface area (Å²) in [7, 11) is 0. The SMILES string of the molecule is CC[C@@H](O)[C@@H]1CCc2c[c-]ccc2O1.CC[C@@H](O)[C@H]1CCc2c[c-]ccc2O1.CC[C@H](O)[C@@H]1CCc2c[c-]ccc2O1.CC[C@H](O)[C@H]1CCc2c[c-]ccc2O1.[Y].[Y].[Y].[Y]. The molecule has 4 radical (unpaired) electrons. The molecule has 0 amide bonds. The average Bonchev–Trinajstić information content (AvgIpc) is 3.27. The predicted molar refractivity (Wildman–Crippen MR) is 217 cm³/mol. The minimum absolute atomic E-state index is 0. The smallest absolute Gasteiger partial charge is 0.121 e. The molecule has 4 aromatic carbocycles. The van der Waals surface area contributed by atoms with Gasteiger partial charge in [0.15, 0.2) is 0 Å². The number of fused-ring (bicyclic) bond motifs is 4. The molecule has 0 fully saturated rings. The van der Waals surface area contributed by atoms with Crippen LogP contribution in [0.25, 0.3) is 0 Å². The molecule has 60 heavy (non-hydrogen) atoms. The maximum absolute atomic E-state index is 9.68. The number of hydrogen-bond acceptors (Lipinski definition) is 8. The predicted octanol–water partition coefficient (Wildman–Crippen LogP) is 7.80. The topological polar surface area (TPSA) is 118 Å². The van der Waals surface area contributed by atoms with Crippen molar-refractivity contribution in [1.29, 1.82) is 0 Å². The van der Waals surface area contributed by atoms with Crippen LogP contribution < -0.4 is 18.9 Å². The van der Waals surface area contributed by atoms with Crippen molar-refractivity contribution in [2.45, 2.75) is 154 Å². The summed E-state index contributed by atoms with van der Waals surface area (Å²) >= 11 is 0. The molecule has 0 saturated heterocycles. The Morgan fingerprint density at radius 2 is 0.617 bits per heavy atom. The molecule has 0 spiro atoms. The maximum atomic E-state index is 9.68. The first-order valence-electron chi connectivity index (χ1n) is 20.6. The zero-order chi connectivity index (χ0) is 39.9. The van der Waals surface area contributed by atoms with E-state index in [1.165, 1.54) is 22.3 Å². The maximum Gasteiger partial charge on any atom is 0.121 e. The molecule has 0 saturated carbocycles. The van der Waals surface area contributed by atoms with Crippen LogP contribution in [0.1, 0.15) is 101 Å². The molecule has 8 atom stereocenters. The van der Waals surface area contributed by atoms with Gasteiger partial charge in [-0.05, 0) is 51.4 Å². The van der Waals surface area contributed by atoms with Crippen molar-refractivity contribution in [3.63, 3.8) is 0 Å². The number of rotatable bonds is 8. The van der Waals surface area contributed by atoms with Crippen molar-refractivity contribution in [1.82, 2.24) is 0 Å². The van der Waals surface area contributed by atoms with E-state index in [1.54, 1.807) is 0 Å². The summed E-state index contributed by atoms with van der Waals surface area (Å²) in [4.78, 5) is 0. The molecule has 4 aromatic rings. The fraction of sp³-hybridized carbons (Fsp3) is 0.500. The van der Waals surface area contributed by atoms with Crippen molar-refractivity contribution in [2.24, 2.45) is 0 Å². The summed E-state index contributed by atoms with van der Waals surface area (Å²) in [5.74, 6) is 3.64. The van der Waals surface area contributed by atoms with Crippen LogP contribution in [-0.4, -0.2) is 69.3 Å². The number of aliphatic hydroxyl groups excluding tert-OH is 4. The van der Waals surface area contributed by atoms with Gasteiger partial charge in [-0.25, -0.2) is 0 Å². The van der Waals surface area contributed by atoms with Crippen molar-refractivity contribution >= 4 is 0 Å². The van der Waals surface area contributed by atoms with Crippen LogP contribution in [0, 0.1) is 24.3 Å². The van der Waals surface area contributed by atoms with E-state index < -0.39 is 0 Å². The zero-order valence-corrected chi connectivity index (χ0v) is 47.1. The fourth-order valence-corrected chi connectivity index (χ4v) is 7.26. The van der Waals surface area contributed by atoms with E-state index in [0.717, 1.165) is 100 Å². The Morgan fingerprint density at radius 1 is 0.417 bits per heavy atom. The van der Waals surface area contributed by atoms with Gasteiger partial charge in [-0.2, -0.15) is 72.8 Å². The molecule has 4 heterocycles. The normalized spacial score (nSPS) is 20.8. The van der Waals surface area contributed by atoms with Gasteiger partial charge in [0.05, 0.1) is 24.4 Å². The largest absolute Gasteiger partial charge is 0.513 e. The second-order valence-corrected chi connectivity index (χ2v) is 14.8. The van der Waals surface area contributed by atoms with E-state index in [4.69, 9.17) is 18.9 Å². The Hall–Kier alpha value is 0.336. The Balaban J connectivity index is 0.000000391. The molecular weight excluding hydrogens is 1060 g/mol. The molecule has 12 heteroatoms. The van der Waals surface area contributed by atoms with Gasteiger partial charge in [-0.3, -0.25) is 0 Å². The summed E-state index contributed by atoms with van der Waals surface area (Å²) in [6.45, 7) is 7.90. The third-order valence-corrected chi connectivity index (χ3v) is 10.9. The minimum atomic E-state index is -0.340. The molecule has 316 valence electrons. The Kier molecular flexibility index (Phi) is 30.4. The first-order valence-corrected chi connectivity index (χ1v) is 20.6. The first kappa shape index (κ1) is 58.4. The fourth-order valence-electron chi connectivity index (χ4n) is 7.26. The third-order valence-electron chi connectivity index (χ3n) is 10.9. The van der Waals surface area contributed by atoms with Gasteiger partial charge in [-0.15, -0.1) is 46.5 Å². The van der Waals surface area contributed by atoms with Gasteiger partial charge in [0.25, 0.3) is 0 Å². The molecule has 8 rings (SSSR count). The molecule has 4 aliphatic rings. The number of ether oxygens (including phenoxy) is 4. The second-order valence-electron chi connectivity index (χ2n) is 14.8. The van der Waals surface area contributed by atoms with Crippen LogP contribution >= 0.6 is 0 Å². The van der Waals surface area contributed by atoms with Crippen molar-refractivity contribution in [2.75, 3.05) is 0 Å². The van der Waals surface area contributed by atoms with Crippen LogP contribution in [0.5, 0.6) is 23.0 Å². The van der Waals surface area contributed by atoms with E-state index in [-0.39, 0.29) is 180 Å². The van der Waals surface area contributed by atoms with Crippen LogP contribution in [0.3, 0.4) is 0 Å².